The molecule has 2 aliphatic heterocycles. The number of pyridine rings is 1. The molecule has 0 saturated carbocycles. The molecule has 0 bridgehead atoms. The van der Waals surface area contributed by atoms with Crippen molar-refractivity contribution < 1.29 is 14.2 Å². The fourth-order valence-corrected chi connectivity index (χ4v) is 3.90. The predicted molar refractivity (Wildman–Crippen MR) is 109 cm³/mol. The van der Waals surface area contributed by atoms with E-state index >= 15 is 0 Å². The van der Waals surface area contributed by atoms with Crippen LogP contribution in [-0.4, -0.2) is 29.9 Å². The number of nitrogens with zero attached hydrogens (tertiary/aromatic N) is 3. The van der Waals surface area contributed by atoms with Crippen LogP contribution < -0.4 is 14.2 Å². The van der Waals surface area contributed by atoms with E-state index in [4.69, 9.17) is 19.3 Å². The summed E-state index contributed by atoms with van der Waals surface area (Å²) in [5.41, 5.74) is 4.21. The zero-order valence-electron chi connectivity index (χ0n) is 16.3. The summed E-state index contributed by atoms with van der Waals surface area (Å²) < 4.78 is 17.1. The highest BCUT2D eigenvalue weighted by Crippen LogP contribution is 2.48. The molecule has 146 valence electrons. The van der Waals surface area contributed by atoms with E-state index in [2.05, 4.69) is 9.99 Å². The van der Waals surface area contributed by atoms with Gasteiger partial charge in [0, 0.05) is 29.9 Å². The quantitative estimate of drug-likeness (QED) is 0.667. The van der Waals surface area contributed by atoms with Gasteiger partial charge in [-0.05, 0) is 60.2 Å². The maximum absolute atomic E-state index is 6.37. The van der Waals surface area contributed by atoms with E-state index in [1.54, 1.807) is 26.6 Å². The number of benzene rings is 2. The van der Waals surface area contributed by atoms with Gasteiger partial charge in [0.25, 0.3) is 0 Å². The highest BCUT2D eigenvalue weighted by molar-refractivity contribution is 6.02. The van der Waals surface area contributed by atoms with Gasteiger partial charge in [-0.25, -0.2) is 5.01 Å². The molecule has 0 radical (unpaired) electrons. The lowest BCUT2D eigenvalue weighted by atomic mass is 9.95. The number of hydrazone groups is 1. The Hall–Kier alpha value is -3.54. The second-order valence-electron chi connectivity index (χ2n) is 7.03. The Labute approximate surface area is 169 Å². The lowest BCUT2D eigenvalue weighted by Crippen LogP contribution is -2.33. The van der Waals surface area contributed by atoms with Crippen LogP contribution in [0.15, 0.2) is 72.1 Å². The van der Waals surface area contributed by atoms with Crippen molar-refractivity contribution in [2.24, 2.45) is 5.10 Å². The van der Waals surface area contributed by atoms with E-state index in [1.807, 2.05) is 54.6 Å². The van der Waals surface area contributed by atoms with Crippen LogP contribution in [-0.2, 0) is 0 Å². The van der Waals surface area contributed by atoms with Gasteiger partial charge in [0.1, 0.15) is 17.2 Å². The number of aromatic nitrogens is 1. The van der Waals surface area contributed by atoms with Crippen LogP contribution in [0.4, 0.5) is 0 Å². The van der Waals surface area contributed by atoms with E-state index in [0.717, 1.165) is 46.1 Å². The molecule has 2 aromatic carbocycles. The topological polar surface area (TPSA) is 56.2 Å². The number of methoxy groups -OCH3 is 2. The molecule has 0 fully saturated rings. The molecule has 3 heterocycles. The molecule has 1 aromatic heterocycles. The minimum Gasteiger partial charge on any atom is -0.497 e. The predicted octanol–water partition coefficient (Wildman–Crippen LogP) is 4.34. The third kappa shape index (κ3) is 3.06. The van der Waals surface area contributed by atoms with Crippen molar-refractivity contribution in [2.75, 3.05) is 14.2 Å². The fourth-order valence-electron chi connectivity index (χ4n) is 3.90. The normalized spacial score (nSPS) is 19.7. The third-order valence-corrected chi connectivity index (χ3v) is 5.41. The summed E-state index contributed by atoms with van der Waals surface area (Å²) in [6, 6.07) is 18.0. The van der Waals surface area contributed by atoms with Crippen molar-refractivity contribution in [3.63, 3.8) is 0 Å². The highest BCUT2D eigenvalue weighted by Gasteiger charge is 2.41. The zero-order chi connectivity index (χ0) is 19.8. The molecule has 0 unspecified atom stereocenters. The summed E-state index contributed by atoms with van der Waals surface area (Å²) in [7, 11) is 3.35. The van der Waals surface area contributed by atoms with E-state index in [-0.39, 0.29) is 12.3 Å². The first-order valence-corrected chi connectivity index (χ1v) is 9.51. The zero-order valence-corrected chi connectivity index (χ0v) is 16.3. The standard InChI is InChI=1S/C23H21N3O3/c1-27-17-5-3-15(4-6-17)20-14-21-19-13-18(28-2)7-8-22(19)29-23(26(21)25-20)16-9-11-24-12-10-16/h3-13,21,23H,14H2,1-2H3/t21-,23+/m1/s1. The summed E-state index contributed by atoms with van der Waals surface area (Å²) in [6.45, 7) is 0. The molecule has 6 heteroatoms. The van der Waals surface area contributed by atoms with E-state index < -0.39 is 0 Å². The second-order valence-corrected chi connectivity index (χ2v) is 7.03. The molecule has 0 saturated heterocycles. The molecule has 0 spiro atoms. The Kier molecular flexibility index (Phi) is 4.31. The van der Waals surface area contributed by atoms with Crippen LogP contribution in [0.1, 0.15) is 35.4 Å². The molecule has 5 rings (SSSR count). The molecule has 2 atom stereocenters. The molecule has 0 N–H and O–H groups in total. The number of rotatable bonds is 4. The van der Waals surface area contributed by atoms with Gasteiger partial charge >= 0.3 is 0 Å². The first-order chi connectivity index (χ1) is 14.3. The fraction of sp³-hybridized carbons (Fsp3) is 0.217. The van der Waals surface area contributed by atoms with Crippen LogP contribution in [0.3, 0.4) is 0 Å². The molecule has 6 nitrogen and oxygen atoms in total. The summed E-state index contributed by atoms with van der Waals surface area (Å²) in [4.78, 5) is 4.13. The lowest BCUT2D eigenvalue weighted by Gasteiger charge is -2.38. The molecule has 3 aromatic rings. The van der Waals surface area contributed by atoms with Crippen molar-refractivity contribution in [1.29, 1.82) is 0 Å². The Balaban J connectivity index is 1.57. The Morgan fingerprint density at radius 1 is 0.931 bits per heavy atom. The lowest BCUT2D eigenvalue weighted by molar-refractivity contribution is -0.0192. The molecule has 0 amide bonds. The van der Waals surface area contributed by atoms with Gasteiger partial charge in [-0.3, -0.25) is 4.98 Å². The molecule has 29 heavy (non-hydrogen) atoms. The van der Waals surface area contributed by atoms with Gasteiger partial charge < -0.3 is 14.2 Å². The monoisotopic (exact) mass is 387 g/mol. The third-order valence-electron chi connectivity index (χ3n) is 5.41. The maximum atomic E-state index is 6.37. The van der Waals surface area contributed by atoms with E-state index in [9.17, 15) is 0 Å². The maximum Gasteiger partial charge on any atom is 0.213 e. The van der Waals surface area contributed by atoms with Crippen LogP contribution >= 0.6 is 0 Å². The van der Waals surface area contributed by atoms with E-state index in [0.29, 0.717) is 0 Å². The van der Waals surface area contributed by atoms with Crippen molar-refractivity contribution in [3.8, 4) is 17.2 Å². The van der Waals surface area contributed by atoms with Crippen molar-refractivity contribution >= 4 is 5.71 Å². The summed E-state index contributed by atoms with van der Waals surface area (Å²) >= 11 is 0. The highest BCUT2D eigenvalue weighted by atomic mass is 16.5. The number of hydrogen-bond donors (Lipinski definition) is 0. The van der Waals surface area contributed by atoms with Gasteiger partial charge in [-0.15, -0.1) is 0 Å². The summed E-state index contributed by atoms with van der Waals surface area (Å²) in [6.07, 6.45) is 4.04. The van der Waals surface area contributed by atoms with Crippen LogP contribution in [0.25, 0.3) is 0 Å². The van der Waals surface area contributed by atoms with E-state index in [1.165, 1.54) is 0 Å². The molecule has 2 aliphatic rings. The average molecular weight is 387 g/mol. The summed E-state index contributed by atoms with van der Waals surface area (Å²) in [5.74, 6) is 2.51. The Bertz CT molecular complexity index is 1050. The van der Waals surface area contributed by atoms with Gasteiger partial charge in [-0.1, -0.05) is 0 Å². The summed E-state index contributed by atoms with van der Waals surface area (Å²) in [5, 5.41) is 7.02. The van der Waals surface area contributed by atoms with Crippen LogP contribution in [0.5, 0.6) is 17.2 Å². The Morgan fingerprint density at radius 3 is 2.38 bits per heavy atom. The van der Waals surface area contributed by atoms with Gasteiger partial charge in [-0.2, -0.15) is 5.10 Å². The smallest absolute Gasteiger partial charge is 0.213 e. The second kappa shape index (κ2) is 7.13. The van der Waals surface area contributed by atoms with Gasteiger partial charge in [0.2, 0.25) is 6.23 Å². The van der Waals surface area contributed by atoms with Gasteiger partial charge in [0.05, 0.1) is 26.0 Å². The average Bonchev–Trinajstić information content (AvgIpc) is 3.24. The van der Waals surface area contributed by atoms with Gasteiger partial charge in [0.15, 0.2) is 0 Å². The first kappa shape index (κ1) is 17.6. The minimum absolute atomic E-state index is 0.0733. The minimum atomic E-state index is -0.306. The van der Waals surface area contributed by atoms with Crippen molar-refractivity contribution in [2.45, 2.75) is 18.7 Å². The number of fused-ring (bicyclic) bond motifs is 3. The van der Waals surface area contributed by atoms with Crippen molar-refractivity contribution in [1.82, 2.24) is 9.99 Å². The van der Waals surface area contributed by atoms with Crippen LogP contribution in [0.2, 0.25) is 0 Å². The SMILES string of the molecule is COc1ccc(C2=NN3[C@H](C2)c2cc(OC)ccc2O[C@H]3c2ccncc2)cc1. The largest absolute Gasteiger partial charge is 0.497 e. The number of ether oxygens (including phenoxy) is 3. The van der Waals surface area contributed by atoms with Crippen LogP contribution in [0, 0.1) is 0 Å². The van der Waals surface area contributed by atoms with Crippen molar-refractivity contribution in [3.05, 3.63) is 83.7 Å². The molecule has 0 aliphatic carbocycles. The molecular weight excluding hydrogens is 366 g/mol. The Morgan fingerprint density at radius 2 is 1.66 bits per heavy atom. The number of hydrogen-bond acceptors (Lipinski definition) is 6. The first-order valence-electron chi connectivity index (χ1n) is 9.51. The molecular formula is C23H21N3O3.